The molecular weight excluding hydrogens is 284 g/mol. The Balaban J connectivity index is 2.21. The van der Waals surface area contributed by atoms with Crippen molar-refractivity contribution in [2.24, 2.45) is 5.73 Å². The number of carbonyl (C=O) groups excluding carboxylic acids is 2. The van der Waals surface area contributed by atoms with Crippen molar-refractivity contribution < 1.29 is 14.3 Å². The lowest BCUT2D eigenvalue weighted by molar-refractivity contribution is -0.134. The van der Waals surface area contributed by atoms with Gasteiger partial charge in [-0.25, -0.2) is 4.79 Å². The van der Waals surface area contributed by atoms with Crippen LogP contribution in [0.3, 0.4) is 0 Å². The van der Waals surface area contributed by atoms with Crippen molar-refractivity contribution in [2.75, 3.05) is 39.3 Å². The lowest BCUT2D eigenvalue weighted by atomic mass is 10.2. The maximum atomic E-state index is 12.0. The summed E-state index contributed by atoms with van der Waals surface area (Å²) in [5, 5.41) is 2.74. The summed E-state index contributed by atoms with van der Waals surface area (Å²) in [6.07, 6.45) is 0.272. The molecule has 1 heterocycles. The zero-order chi connectivity index (χ0) is 16.8. The van der Waals surface area contributed by atoms with E-state index < -0.39 is 11.7 Å². The predicted octanol–water partition coefficient (Wildman–Crippen LogP) is 0.393. The molecular formula is C15H30N4O3. The van der Waals surface area contributed by atoms with E-state index in [1.807, 2.05) is 32.6 Å². The number of rotatable bonds is 5. The summed E-state index contributed by atoms with van der Waals surface area (Å²) in [5.41, 5.74) is 5.30. The molecule has 1 fully saturated rings. The SMILES string of the molecule is CCC(N)C(=O)N1CCN(CCNC(=O)OC(C)(C)C)CC1. The van der Waals surface area contributed by atoms with Gasteiger partial charge in [0.15, 0.2) is 0 Å². The third-order valence-electron chi connectivity index (χ3n) is 3.54. The van der Waals surface area contributed by atoms with E-state index in [9.17, 15) is 9.59 Å². The highest BCUT2D eigenvalue weighted by Gasteiger charge is 2.24. The fourth-order valence-corrected chi connectivity index (χ4v) is 2.23. The quantitative estimate of drug-likeness (QED) is 0.766. The number of piperazine rings is 1. The van der Waals surface area contributed by atoms with E-state index in [0.29, 0.717) is 26.1 Å². The zero-order valence-corrected chi connectivity index (χ0v) is 14.2. The first kappa shape index (κ1) is 18.7. The molecule has 3 N–H and O–H groups in total. The number of hydrogen-bond acceptors (Lipinski definition) is 5. The summed E-state index contributed by atoms with van der Waals surface area (Å²) < 4.78 is 5.18. The monoisotopic (exact) mass is 314 g/mol. The third-order valence-corrected chi connectivity index (χ3v) is 3.54. The van der Waals surface area contributed by atoms with Gasteiger partial charge in [0.1, 0.15) is 5.60 Å². The maximum Gasteiger partial charge on any atom is 0.407 e. The van der Waals surface area contributed by atoms with Crippen molar-refractivity contribution in [1.29, 1.82) is 0 Å². The van der Waals surface area contributed by atoms with E-state index in [1.165, 1.54) is 0 Å². The second-order valence-corrected chi connectivity index (χ2v) is 6.61. The van der Waals surface area contributed by atoms with Crippen molar-refractivity contribution >= 4 is 12.0 Å². The second kappa shape index (κ2) is 8.33. The number of ether oxygens (including phenoxy) is 1. The first-order valence-electron chi connectivity index (χ1n) is 7.96. The maximum absolute atomic E-state index is 12.0. The molecule has 7 nitrogen and oxygen atoms in total. The van der Waals surface area contributed by atoms with Gasteiger partial charge in [-0.3, -0.25) is 9.69 Å². The van der Waals surface area contributed by atoms with Gasteiger partial charge in [0.25, 0.3) is 0 Å². The first-order valence-corrected chi connectivity index (χ1v) is 7.96. The van der Waals surface area contributed by atoms with Crippen LogP contribution >= 0.6 is 0 Å². The van der Waals surface area contributed by atoms with Crippen LogP contribution in [-0.2, 0) is 9.53 Å². The minimum Gasteiger partial charge on any atom is -0.444 e. The summed E-state index contributed by atoms with van der Waals surface area (Å²) in [7, 11) is 0. The Morgan fingerprint density at radius 3 is 2.32 bits per heavy atom. The molecule has 0 aromatic carbocycles. The van der Waals surface area contributed by atoms with Crippen LogP contribution in [0.15, 0.2) is 0 Å². The highest BCUT2D eigenvalue weighted by atomic mass is 16.6. The van der Waals surface area contributed by atoms with Crippen LogP contribution in [0.2, 0.25) is 0 Å². The van der Waals surface area contributed by atoms with E-state index in [-0.39, 0.29) is 11.9 Å². The molecule has 0 radical (unpaired) electrons. The number of hydrogen-bond donors (Lipinski definition) is 2. The molecule has 0 spiro atoms. The summed E-state index contributed by atoms with van der Waals surface area (Å²) in [5.74, 6) is 0.0361. The standard InChI is InChI=1S/C15H30N4O3/c1-5-12(16)13(20)19-10-8-18(9-11-19)7-6-17-14(21)22-15(2,3)4/h12H,5-11,16H2,1-4H3,(H,17,21). The molecule has 7 heteroatoms. The minimum atomic E-state index is -0.478. The van der Waals surface area contributed by atoms with Gasteiger partial charge in [0.05, 0.1) is 6.04 Å². The summed E-state index contributed by atoms with van der Waals surface area (Å²) in [4.78, 5) is 27.6. The Morgan fingerprint density at radius 2 is 1.82 bits per heavy atom. The average molecular weight is 314 g/mol. The summed E-state index contributed by atoms with van der Waals surface area (Å²) >= 11 is 0. The molecule has 1 unspecified atom stereocenters. The van der Waals surface area contributed by atoms with Gasteiger partial charge in [-0.1, -0.05) is 6.92 Å². The van der Waals surface area contributed by atoms with Crippen LogP contribution in [-0.4, -0.2) is 72.7 Å². The Hall–Kier alpha value is -1.34. The number of nitrogens with one attached hydrogen (secondary N) is 1. The van der Waals surface area contributed by atoms with Crippen molar-refractivity contribution in [3.8, 4) is 0 Å². The number of carbonyl (C=O) groups is 2. The molecule has 22 heavy (non-hydrogen) atoms. The van der Waals surface area contributed by atoms with Gasteiger partial charge in [-0.2, -0.15) is 0 Å². The molecule has 0 aromatic rings. The second-order valence-electron chi connectivity index (χ2n) is 6.61. The normalized spacial score (nSPS) is 18.0. The Bertz CT molecular complexity index is 373. The van der Waals surface area contributed by atoms with Gasteiger partial charge < -0.3 is 20.7 Å². The lowest BCUT2D eigenvalue weighted by Crippen LogP contribution is -2.53. The van der Waals surface area contributed by atoms with E-state index in [1.54, 1.807) is 0 Å². The van der Waals surface area contributed by atoms with Crippen LogP contribution < -0.4 is 11.1 Å². The molecule has 0 saturated carbocycles. The van der Waals surface area contributed by atoms with E-state index in [0.717, 1.165) is 19.6 Å². The highest BCUT2D eigenvalue weighted by molar-refractivity contribution is 5.81. The van der Waals surface area contributed by atoms with Gasteiger partial charge in [0, 0.05) is 39.3 Å². The van der Waals surface area contributed by atoms with Gasteiger partial charge in [-0.15, -0.1) is 0 Å². The van der Waals surface area contributed by atoms with E-state index in [2.05, 4.69) is 10.2 Å². The molecule has 128 valence electrons. The number of alkyl carbamates (subject to hydrolysis) is 1. The van der Waals surface area contributed by atoms with Crippen LogP contribution in [0.4, 0.5) is 4.79 Å². The molecule has 1 saturated heterocycles. The fourth-order valence-electron chi connectivity index (χ4n) is 2.23. The predicted molar refractivity (Wildman–Crippen MR) is 85.5 cm³/mol. The number of nitrogens with zero attached hydrogens (tertiary/aromatic N) is 2. The molecule has 0 bridgehead atoms. The van der Waals surface area contributed by atoms with E-state index >= 15 is 0 Å². The number of amides is 2. The molecule has 0 aromatic heterocycles. The van der Waals surface area contributed by atoms with Crippen LogP contribution in [0.25, 0.3) is 0 Å². The smallest absolute Gasteiger partial charge is 0.407 e. The largest absolute Gasteiger partial charge is 0.444 e. The minimum absolute atomic E-state index is 0.0361. The molecule has 1 aliphatic heterocycles. The summed E-state index contributed by atoms with van der Waals surface area (Å²) in [6, 6.07) is -0.389. The van der Waals surface area contributed by atoms with Crippen LogP contribution in [0.1, 0.15) is 34.1 Å². The van der Waals surface area contributed by atoms with Crippen molar-refractivity contribution in [3.63, 3.8) is 0 Å². The third kappa shape index (κ3) is 6.62. The molecule has 0 aliphatic carbocycles. The molecule has 1 rings (SSSR count). The molecule has 1 aliphatic rings. The van der Waals surface area contributed by atoms with Gasteiger partial charge in [-0.05, 0) is 27.2 Å². The molecule has 2 amide bonds. The average Bonchev–Trinajstić information content (AvgIpc) is 2.44. The first-order chi connectivity index (χ1) is 10.2. The fraction of sp³-hybridized carbons (Fsp3) is 0.867. The number of nitrogens with two attached hydrogens (primary N) is 1. The molecule has 1 atom stereocenters. The highest BCUT2D eigenvalue weighted by Crippen LogP contribution is 2.07. The van der Waals surface area contributed by atoms with Crippen molar-refractivity contribution in [1.82, 2.24) is 15.1 Å². The Morgan fingerprint density at radius 1 is 1.23 bits per heavy atom. The lowest BCUT2D eigenvalue weighted by Gasteiger charge is -2.35. The zero-order valence-electron chi connectivity index (χ0n) is 14.2. The van der Waals surface area contributed by atoms with E-state index in [4.69, 9.17) is 10.5 Å². The van der Waals surface area contributed by atoms with Crippen LogP contribution in [0.5, 0.6) is 0 Å². The Kier molecular flexibility index (Phi) is 7.09. The Labute approximate surface area is 133 Å². The summed E-state index contributed by atoms with van der Waals surface area (Å²) in [6.45, 7) is 11.7. The topological polar surface area (TPSA) is 87.9 Å². The van der Waals surface area contributed by atoms with Gasteiger partial charge in [0.2, 0.25) is 5.91 Å². The van der Waals surface area contributed by atoms with Crippen LogP contribution in [0, 0.1) is 0 Å². The van der Waals surface area contributed by atoms with Crippen molar-refractivity contribution in [2.45, 2.75) is 45.8 Å². The van der Waals surface area contributed by atoms with Gasteiger partial charge >= 0.3 is 6.09 Å². The van der Waals surface area contributed by atoms with Crippen molar-refractivity contribution in [3.05, 3.63) is 0 Å².